The molecule has 1 amide bonds. The van der Waals surface area contributed by atoms with Crippen molar-refractivity contribution in [3.05, 3.63) is 66.2 Å². The topological polar surface area (TPSA) is 57.3 Å². The van der Waals surface area contributed by atoms with Gasteiger partial charge in [0.2, 0.25) is 5.91 Å². The average Bonchev–Trinajstić information content (AvgIpc) is 2.79. The summed E-state index contributed by atoms with van der Waals surface area (Å²) in [5.74, 6) is 1.09. The van der Waals surface area contributed by atoms with Crippen LogP contribution in [0, 0.1) is 0 Å². The molecule has 1 aromatic heterocycles. The zero-order valence-electron chi connectivity index (χ0n) is 18.5. The second-order valence-electron chi connectivity index (χ2n) is 8.68. The van der Waals surface area contributed by atoms with Crippen molar-refractivity contribution in [2.75, 3.05) is 24.3 Å². The molecule has 1 fully saturated rings. The van der Waals surface area contributed by atoms with Crippen LogP contribution in [0.1, 0.15) is 37.7 Å². The minimum absolute atomic E-state index is 0.159. The van der Waals surface area contributed by atoms with Crippen molar-refractivity contribution in [2.24, 2.45) is 0 Å². The first-order chi connectivity index (χ1) is 15.1. The van der Waals surface area contributed by atoms with E-state index in [1.807, 2.05) is 24.3 Å². The SMILES string of the molecule is CN(C)c1cc(N[C@H]2CC[C@@H](NC(=O)CCc3ccccc3)CC2)nc2ccccc12. The molecule has 0 aliphatic heterocycles. The van der Waals surface area contributed by atoms with Crippen LogP contribution in [0.15, 0.2) is 60.7 Å². The van der Waals surface area contributed by atoms with E-state index in [0.717, 1.165) is 43.4 Å². The number of pyridine rings is 1. The van der Waals surface area contributed by atoms with Gasteiger partial charge >= 0.3 is 0 Å². The summed E-state index contributed by atoms with van der Waals surface area (Å²) in [7, 11) is 4.13. The molecule has 0 bridgehead atoms. The number of para-hydroxylation sites is 1. The summed E-state index contributed by atoms with van der Waals surface area (Å²) in [6, 6.07) is 21.3. The van der Waals surface area contributed by atoms with Crippen LogP contribution < -0.4 is 15.5 Å². The number of aryl methyl sites for hydroxylation is 1. The lowest BCUT2D eigenvalue weighted by Gasteiger charge is -2.30. The number of hydrogen-bond donors (Lipinski definition) is 2. The first-order valence-electron chi connectivity index (χ1n) is 11.3. The summed E-state index contributed by atoms with van der Waals surface area (Å²) in [5, 5.41) is 8.04. The van der Waals surface area contributed by atoms with Gasteiger partial charge in [0, 0.05) is 49.7 Å². The molecule has 31 heavy (non-hydrogen) atoms. The molecule has 3 aromatic rings. The fourth-order valence-electron chi connectivity index (χ4n) is 4.39. The lowest BCUT2D eigenvalue weighted by atomic mass is 9.91. The first kappa shape index (κ1) is 21.2. The van der Waals surface area contributed by atoms with Crippen LogP contribution in [0.3, 0.4) is 0 Å². The number of rotatable bonds is 7. The van der Waals surface area contributed by atoms with Crippen LogP contribution in [0.5, 0.6) is 0 Å². The van der Waals surface area contributed by atoms with Crippen molar-refractivity contribution in [3.63, 3.8) is 0 Å². The Labute approximate surface area is 184 Å². The lowest BCUT2D eigenvalue weighted by Crippen LogP contribution is -2.40. The van der Waals surface area contributed by atoms with Gasteiger partial charge in [-0.3, -0.25) is 4.79 Å². The zero-order chi connectivity index (χ0) is 21.6. The van der Waals surface area contributed by atoms with E-state index in [4.69, 9.17) is 4.98 Å². The molecule has 5 nitrogen and oxygen atoms in total. The molecule has 0 unspecified atom stereocenters. The number of anilines is 2. The van der Waals surface area contributed by atoms with Crippen LogP contribution in [-0.4, -0.2) is 37.1 Å². The van der Waals surface area contributed by atoms with Gasteiger partial charge in [0.15, 0.2) is 0 Å². The van der Waals surface area contributed by atoms with Crippen molar-refractivity contribution < 1.29 is 4.79 Å². The van der Waals surface area contributed by atoms with Gasteiger partial charge < -0.3 is 15.5 Å². The van der Waals surface area contributed by atoms with Crippen LogP contribution in [-0.2, 0) is 11.2 Å². The maximum Gasteiger partial charge on any atom is 0.220 e. The van der Waals surface area contributed by atoms with E-state index < -0.39 is 0 Å². The summed E-state index contributed by atoms with van der Waals surface area (Å²) in [4.78, 5) is 19.3. The van der Waals surface area contributed by atoms with Gasteiger partial charge in [-0.05, 0) is 43.7 Å². The molecule has 0 radical (unpaired) electrons. The van der Waals surface area contributed by atoms with Gasteiger partial charge in [0.1, 0.15) is 5.82 Å². The highest BCUT2D eigenvalue weighted by molar-refractivity contribution is 5.93. The molecule has 1 saturated carbocycles. The minimum Gasteiger partial charge on any atom is -0.377 e. The van der Waals surface area contributed by atoms with Crippen LogP contribution in [0.4, 0.5) is 11.5 Å². The second kappa shape index (κ2) is 9.82. The predicted molar refractivity (Wildman–Crippen MR) is 129 cm³/mol. The Morgan fingerprint density at radius 2 is 1.65 bits per heavy atom. The van der Waals surface area contributed by atoms with E-state index in [2.05, 4.69) is 66.0 Å². The van der Waals surface area contributed by atoms with Crippen LogP contribution >= 0.6 is 0 Å². The number of nitrogens with one attached hydrogen (secondary N) is 2. The van der Waals surface area contributed by atoms with Crippen molar-refractivity contribution in [1.82, 2.24) is 10.3 Å². The zero-order valence-corrected chi connectivity index (χ0v) is 18.5. The standard InChI is InChI=1S/C26H32N4O/c1-30(2)24-18-25(29-23-11-7-6-10-22(23)24)27-20-13-15-21(16-14-20)28-26(31)17-12-19-8-4-3-5-9-19/h3-11,18,20-21H,12-17H2,1-2H3,(H,27,29)(H,28,31)/t20-,21+. The maximum atomic E-state index is 12.3. The molecular weight excluding hydrogens is 384 g/mol. The Morgan fingerprint density at radius 3 is 2.39 bits per heavy atom. The van der Waals surface area contributed by atoms with Crippen molar-refractivity contribution >= 4 is 28.3 Å². The molecule has 1 aliphatic rings. The van der Waals surface area contributed by atoms with Gasteiger partial charge in [0.25, 0.3) is 0 Å². The summed E-state index contributed by atoms with van der Waals surface area (Å²) < 4.78 is 0. The molecule has 1 heterocycles. The lowest BCUT2D eigenvalue weighted by molar-refractivity contribution is -0.122. The van der Waals surface area contributed by atoms with Gasteiger partial charge in [-0.1, -0.05) is 48.5 Å². The number of aromatic nitrogens is 1. The normalized spacial score (nSPS) is 18.5. The summed E-state index contributed by atoms with van der Waals surface area (Å²) in [6.45, 7) is 0. The number of benzene rings is 2. The van der Waals surface area contributed by atoms with Gasteiger partial charge in [-0.15, -0.1) is 0 Å². The van der Waals surface area contributed by atoms with E-state index >= 15 is 0 Å². The fourth-order valence-corrected chi connectivity index (χ4v) is 4.39. The Hall–Kier alpha value is -3.08. The molecule has 2 N–H and O–H groups in total. The number of hydrogen-bond acceptors (Lipinski definition) is 4. The van der Waals surface area contributed by atoms with Crippen molar-refractivity contribution in [1.29, 1.82) is 0 Å². The smallest absolute Gasteiger partial charge is 0.220 e. The second-order valence-corrected chi connectivity index (χ2v) is 8.68. The van der Waals surface area contributed by atoms with Crippen molar-refractivity contribution in [3.8, 4) is 0 Å². The molecule has 1 aliphatic carbocycles. The molecule has 162 valence electrons. The Balaban J connectivity index is 1.29. The molecule has 4 rings (SSSR count). The average molecular weight is 417 g/mol. The van der Waals surface area contributed by atoms with Crippen LogP contribution in [0.25, 0.3) is 10.9 Å². The molecule has 2 aromatic carbocycles. The minimum atomic E-state index is 0.159. The van der Waals surface area contributed by atoms with Gasteiger partial charge in [-0.25, -0.2) is 4.98 Å². The number of carbonyl (C=O) groups is 1. The van der Waals surface area contributed by atoms with Crippen molar-refractivity contribution in [2.45, 2.75) is 50.6 Å². The molecule has 0 spiro atoms. The number of carbonyl (C=O) groups excluding carboxylic acids is 1. The maximum absolute atomic E-state index is 12.3. The van der Waals surface area contributed by atoms with E-state index in [1.54, 1.807) is 0 Å². The van der Waals surface area contributed by atoms with E-state index in [9.17, 15) is 4.79 Å². The Bertz CT molecular complexity index is 1010. The van der Waals surface area contributed by atoms with E-state index in [0.29, 0.717) is 12.5 Å². The molecule has 0 saturated heterocycles. The highest BCUT2D eigenvalue weighted by Crippen LogP contribution is 2.29. The largest absolute Gasteiger partial charge is 0.377 e. The number of amides is 1. The van der Waals surface area contributed by atoms with E-state index in [1.165, 1.54) is 16.6 Å². The third-order valence-corrected chi connectivity index (χ3v) is 6.10. The molecule has 5 heteroatoms. The summed E-state index contributed by atoms with van der Waals surface area (Å²) in [5.41, 5.74) is 3.40. The highest BCUT2D eigenvalue weighted by atomic mass is 16.1. The summed E-state index contributed by atoms with van der Waals surface area (Å²) in [6.07, 6.45) is 5.43. The Kier molecular flexibility index (Phi) is 6.70. The Morgan fingerprint density at radius 1 is 0.968 bits per heavy atom. The van der Waals surface area contributed by atoms with E-state index in [-0.39, 0.29) is 11.9 Å². The molecule has 0 atom stereocenters. The quantitative estimate of drug-likeness (QED) is 0.582. The third-order valence-electron chi connectivity index (χ3n) is 6.10. The molecular formula is C26H32N4O. The summed E-state index contributed by atoms with van der Waals surface area (Å²) >= 11 is 0. The number of nitrogens with zero attached hydrogens (tertiary/aromatic N) is 2. The monoisotopic (exact) mass is 416 g/mol. The number of fused-ring (bicyclic) bond motifs is 1. The fraction of sp³-hybridized carbons (Fsp3) is 0.385. The third kappa shape index (κ3) is 5.54. The van der Waals surface area contributed by atoms with Gasteiger partial charge in [-0.2, -0.15) is 0 Å². The van der Waals surface area contributed by atoms with Gasteiger partial charge in [0.05, 0.1) is 5.52 Å². The first-order valence-corrected chi connectivity index (χ1v) is 11.3. The van der Waals surface area contributed by atoms with Crippen LogP contribution in [0.2, 0.25) is 0 Å². The predicted octanol–water partition coefficient (Wildman–Crippen LogP) is 4.77. The highest BCUT2D eigenvalue weighted by Gasteiger charge is 2.23.